The minimum atomic E-state index is -2.25. The Morgan fingerprint density at radius 2 is 0.762 bits per heavy atom. The first-order valence-corrected chi connectivity index (χ1v) is 14.1. The number of ketones is 4. The second kappa shape index (κ2) is 9.65. The molecule has 4 aromatic carbocycles. The van der Waals surface area contributed by atoms with Crippen LogP contribution in [0.1, 0.15) is 52.6 Å². The summed E-state index contributed by atoms with van der Waals surface area (Å²) < 4.78 is 0. The highest BCUT2D eigenvalue weighted by Gasteiger charge is 2.75. The number of nitrogens with zero attached hydrogens (tertiary/aromatic N) is 2. The molecule has 0 aromatic heterocycles. The average molecular weight is 597 g/mol. The first-order chi connectivity index (χ1) is 20.0. The Hall–Kier alpha value is -4.26. The minimum Gasteiger partial charge on any atom is -0.378 e. The zero-order valence-corrected chi connectivity index (χ0v) is 24.9. The van der Waals surface area contributed by atoms with Gasteiger partial charge in [-0.25, -0.2) is 0 Å². The number of hydrogen-bond acceptors (Lipinski definition) is 6. The van der Waals surface area contributed by atoms with E-state index < -0.39 is 34.0 Å². The Morgan fingerprint density at radius 3 is 1.07 bits per heavy atom. The van der Waals surface area contributed by atoms with E-state index in [4.69, 9.17) is 23.2 Å². The molecule has 0 saturated heterocycles. The Morgan fingerprint density at radius 1 is 0.452 bits per heavy atom. The SMILES string of the molecule is CN(C)c1ccc(C2(C3(c4ccc(N(C)C)cc4)C(=O)c4ccc(Cl)cc4C3=O)C(=O)c3ccc(Cl)cc3C2=O)cc1. The molecule has 0 spiro atoms. The van der Waals surface area contributed by atoms with Gasteiger partial charge in [-0.15, -0.1) is 0 Å². The van der Waals surface area contributed by atoms with Crippen LogP contribution in [0, 0.1) is 0 Å². The lowest BCUT2D eigenvalue weighted by Crippen LogP contribution is -2.62. The van der Waals surface area contributed by atoms with E-state index in [2.05, 4.69) is 0 Å². The highest BCUT2D eigenvalue weighted by atomic mass is 35.5. The maximum absolute atomic E-state index is 14.9. The smallest absolute Gasteiger partial charge is 0.183 e. The Balaban J connectivity index is 1.77. The van der Waals surface area contributed by atoms with Gasteiger partial charge in [-0.3, -0.25) is 19.2 Å². The molecule has 0 amide bonds. The molecular formula is C34H26Cl2N2O4. The van der Waals surface area contributed by atoms with Crippen LogP contribution in [0.3, 0.4) is 0 Å². The van der Waals surface area contributed by atoms with Crippen molar-refractivity contribution >= 4 is 57.7 Å². The third kappa shape index (κ3) is 3.52. The van der Waals surface area contributed by atoms with Crippen LogP contribution < -0.4 is 9.80 Å². The quantitative estimate of drug-likeness (QED) is 0.246. The lowest BCUT2D eigenvalue weighted by Gasteiger charge is -2.42. The number of halogens is 2. The molecule has 8 heteroatoms. The van der Waals surface area contributed by atoms with E-state index in [1.807, 2.05) is 38.0 Å². The van der Waals surface area contributed by atoms with Gasteiger partial charge < -0.3 is 9.80 Å². The number of anilines is 2. The standard InChI is InChI=1S/C34H26Cl2N2O4/c1-37(2)23-11-5-19(6-12-23)33(29(39)25-15-9-21(35)17-27(25)31(33)41)34(20-7-13-24(14-8-20)38(3)4)30(40)26-16-10-22(36)18-28(26)32(34)42/h5-18H,1-4H3. The Labute approximate surface area is 253 Å². The molecule has 42 heavy (non-hydrogen) atoms. The lowest BCUT2D eigenvalue weighted by molar-refractivity contribution is 0.0557. The van der Waals surface area contributed by atoms with Gasteiger partial charge in [0.25, 0.3) is 0 Å². The van der Waals surface area contributed by atoms with Crippen molar-refractivity contribution in [2.24, 2.45) is 0 Å². The summed E-state index contributed by atoms with van der Waals surface area (Å²) in [6.07, 6.45) is 0. The first kappa shape index (κ1) is 27.9. The van der Waals surface area contributed by atoms with E-state index in [1.54, 1.807) is 48.5 Å². The van der Waals surface area contributed by atoms with Gasteiger partial charge in [0.05, 0.1) is 0 Å². The molecule has 6 rings (SSSR count). The molecule has 0 N–H and O–H groups in total. The maximum atomic E-state index is 14.9. The van der Waals surface area contributed by atoms with Crippen molar-refractivity contribution in [3.05, 3.63) is 128 Å². The average Bonchev–Trinajstić information content (AvgIpc) is 3.32. The van der Waals surface area contributed by atoms with Crippen LogP contribution in [0.5, 0.6) is 0 Å². The summed E-state index contributed by atoms with van der Waals surface area (Å²) in [5.41, 5.74) is -2.01. The molecule has 6 nitrogen and oxygen atoms in total. The molecule has 0 heterocycles. The molecular weight excluding hydrogens is 571 g/mol. The number of fused-ring (bicyclic) bond motifs is 2. The second-order valence-electron chi connectivity index (χ2n) is 11.1. The van der Waals surface area contributed by atoms with Gasteiger partial charge in [-0.1, -0.05) is 47.5 Å². The van der Waals surface area contributed by atoms with Gasteiger partial charge >= 0.3 is 0 Å². The molecule has 0 aliphatic heterocycles. The van der Waals surface area contributed by atoms with Crippen molar-refractivity contribution in [2.75, 3.05) is 38.0 Å². The molecule has 2 atom stereocenters. The van der Waals surface area contributed by atoms with Gasteiger partial charge in [0.1, 0.15) is 10.8 Å². The van der Waals surface area contributed by atoms with Crippen molar-refractivity contribution in [2.45, 2.75) is 10.8 Å². The first-order valence-electron chi connectivity index (χ1n) is 13.3. The Kier molecular flexibility index (Phi) is 6.41. The van der Waals surface area contributed by atoms with Crippen LogP contribution >= 0.6 is 23.2 Å². The molecule has 0 bridgehead atoms. The fourth-order valence-electron chi connectivity index (χ4n) is 6.48. The van der Waals surface area contributed by atoms with Crippen molar-refractivity contribution < 1.29 is 19.2 Å². The third-order valence-electron chi connectivity index (χ3n) is 8.50. The molecule has 210 valence electrons. The summed E-state index contributed by atoms with van der Waals surface area (Å²) in [7, 11) is 7.47. The van der Waals surface area contributed by atoms with Gasteiger partial charge in [0.15, 0.2) is 23.1 Å². The summed E-state index contributed by atoms with van der Waals surface area (Å²) in [4.78, 5) is 63.4. The summed E-state index contributed by atoms with van der Waals surface area (Å²) in [6, 6.07) is 22.6. The maximum Gasteiger partial charge on any atom is 0.183 e. The molecule has 0 fully saturated rings. The van der Waals surface area contributed by atoms with Crippen molar-refractivity contribution in [1.82, 2.24) is 0 Å². The largest absolute Gasteiger partial charge is 0.378 e. The predicted octanol–water partition coefficient (Wildman–Crippen LogP) is 6.46. The zero-order chi connectivity index (χ0) is 30.1. The monoisotopic (exact) mass is 596 g/mol. The number of rotatable bonds is 5. The summed E-state index contributed by atoms with van der Waals surface area (Å²) in [6.45, 7) is 0. The Bertz CT molecular complexity index is 1690. The predicted molar refractivity (Wildman–Crippen MR) is 165 cm³/mol. The van der Waals surface area contributed by atoms with E-state index in [0.29, 0.717) is 0 Å². The zero-order valence-electron chi connectivity index (χ0n) is 23.4. The van der Waals surface area contributed by atoms with Gasteiger partial charge in [-0.05, 0) is 71.8 Å². The highest BCUT2D eigenvalue weighted by Crippen LogP contribution is 2.58. The fraction of sp³-hybridized carbons (Fsp3) is 0.176. The van der Waals surface area contributed by atoms with Gasteiger partial charge in [0.2, 0.25) is 0 Å². The van der Waals surface area contributed by atoms with Crippen molar-refractivity contribution in [3.8, 4) is 0 Å². The number of Topliss-reactive ketones (excluding diaryl/α,β-unsaturated/α-hetero) is 4. The van der Waals surface area contributed by atoms with Crippen LogP contribution in [0.2, 0.25) is 10.0 Å². The van der Waals surface area contributed by atoms with Gasteiger partial charge in [0, 0.05) is 71.9 Å². The van der Waals surface area contributed by atoms with E-state index in [9.17, 15) is 19.2 Å². The van der Waals surface area contributed by atoms with Crippen LogP contribution in [0.4, 0.5) is 11.4 Å². The molecule has 0 saturated carbocycles. The summed E-state index contributed by atoms with van der Waals surface area (Å²) >= 11 is 12.6. The minimum absolute atomic E-state index is 0.0723. The van der Waals surface area contributed by atoms with Crippen molar-refractivity contribution in [1.29, 1.82) is 0 Å². The normalized spacial score (nSPS) is 21.0. The summed E-state index contributed by atoms with van der Waals surface area (Å²) in [5.74, 6) is -2.57. The van der Waals surface area contributed by atoms with E-state index in [1.165, 1.54) is 36.4 Å². The van der Waals surface area contributed by atoms with Crippen molar-refractivity contribution in [3.63, 3.8) is 0 Å². The molecule has 2 aliphatic carbocycles. The van der Waals surface area contributed by atoms with E-state index in [-0.39, 0.29) is 43.4 Å². The number of hydrogen-bond donors (Lipinski definition) is 0. The van der Waals surface area contributed by atoms with Gasteiger partial charge in [-0.2, -0.15) is 0 Å². The van der Waals surface area contributed by atoms with Crippen LogP contribution in [0.25, 0.3) is 0 Å². The second-order valence-corrected chi connectivity index (χ2v) is 12.0. The third-order valence-corrected chi connectivity index (χ3v) is 8.97. The number of carbonyl (C=O) groups excluding carboxylic acids is 4. The summed E-state index contributed by atoms with van der Waals surface area (Å²) in [5, 5.41) is 0.523. The molecule has 4 aromatic rings. The number of carbonyl (C=O) groups is 4. The topological polar surface area (TPSA) is 74.8 Å². The molecule has 2 aliphatic rings. The lowest BCUT2D eigenvalue weighted by atomic mass is 9.52. The fourth-order valence-corrected chi connectivity index (χ4v) is 6.82. The van der Waals surface area contributed by atoms with E-state index >= 15 is 0 Å². The van der Waals surface area contributed by atoms with E-state index in [0.717, 1.165) is 11.4 Å². The molecule has 0 radical (unpaired) electrons. The van der Waals surface area contributed by atoms with Crippen LogP contribution in [-0.4, -0.2) is 51.3 Å². The molecule has 2 unspecified atom stereocenters. The van der Waals surface area contributed by atoms with Crippen LogP contribution in [0.15, 0.2) is 84.9 Å². The van der Waals surface area contributed by atoms with Crippen LogP contribution in [-0.2, 0) is 10.8 Å². The number of benzene rings is 4. The highest BCUT2D eigenvalue weighted by molar-refractivity contribution is 6.46.